The van der Waals surface area contributed by atoms with Gasteiger partial charge in [0.15, 0.2) is 0 Å². The van der Waals surface area contributed by atoms with Crippen LogP contribution in [-0.2, 0) is 4.79 Å². The summed E-state index contributed by atoms with van der Waals surface area (Å²) in [6.45, 7) is 0.261. The number of benzene rings is 2. The minimum atomic E-state index is -0.805. The molecule has 3 aromatic rings. The number of aliphatic hydroxyl groups is 1. The van der Waals surface area contributed by atoms with Crippen molar-refractivity contribution in [1.29, 1.82) is 0 Å². The molecule has 7 heteroatoms. The molecule has 0 bridgehead atoms. The molecule has 2 aromatic carbocycles. The normalized spacial score (nSPS) is 22.1. The first-order valence-corrected chi connectivity index (χ1v) is 11.1. The largest absolute Gasteiger partial charge is 0.388 e. The van der Waals surface area contributed by atoms with E-state index in [1.54, 1.807) is 12.1 Å². The van der Waals surface area contributed by atoms with Gasteiger partial charge in [0.05, 0.1) is 16.8 Å². The maximum atomic E-state index is 14.5. The monoisotopic (exact) mass is 442 g/mol. The lowest BCUT2D eigenvalue weighted by molar-refractivity contribution is -0.129. The van der Waals surface area contributed by atoms with Crippen molar-refractivity contribution in [2.75, 3.05) is 6.54 Å². The average molecular weight is 442 g/mol. The number of fused-ring (bicyclic) bond motifs is 1. The van der Waals surface area contributed by atoms with Gasteiger partial charge in [-0.15, -0.1) is 0 Å². The van der Waals surface area contributed by atoms with E-state index < -0.39 is 17.2 Å². The van der Waals surface area contributed by atoms with Crippen molar-refractivity contribution < 1.29 is 23.1 Å². The molecule has 2 aliphatic carbocycles. The summed E-state index contributed by atoms with van der Waals surface area (Å²) in [4.78, 5) is 15.7. The molecule has 0 aliphatic heterocycles. The van der Waals surface area contributed by atoms with Gasteiger partial charge in [-0.3, -0.25) is 4.79 Å². The van der Waals surface area contributed by atoms with Crippen molar-refractivity contribution in [1.82, 2.24) is 10.3 Å². The van der Waals surface area contributed by atoms with E-state index in [0.717, 1.165) is 24.5 Å². The van der Waals surface area contributed by atoms with Gasteiger partial charge in [-0.25, -0.2) is 13.2 Å². The number of carbonyl (C=O) groups excluding carboxylic acids is 1. The highest BCUT2D eigenvalue weighted by atomic mass is 19.1. The minimum Gasteiger partial charge on any atom is -0.388 e. The van der Waals surface area contributed by atoms with Gasteiger partial charge in [-0.05, 0) is 73.1 Å². The number of halogens is 3. The van der Waals surface area contributed by atoms with Gasteiger partial charge in [0, 0.05) is 23.9 Å². The smallest absolute Gasteiger partial charge is 0.223 e. The first-order valence-electron chi connectivity index (χ1n) is 11.1. The SMILES string of the molecule is O=C(NCC1(O)CCCC1)C1CC(c2c(-c3ccc(F)cc3)[nH]c3c(F)cc(F)cc23)C1. The van der Waals surface area contributed by atoms with Gasteiger partial charge in [0.2, 0.25) is 5.91 Å². The number of hydrogen-bond donors (Lipinski definition) is 3. The van der Waals surface area contributed by atoms with Gasteiger partial charge in [-0.1, -0.05) is 12.8 Å². The van der Waals surface area contributed by atoms with Crippen molar-refractivity contribution >= 4 is 16.8 Å². The van der Waals surface area contributed by atoms with Crippen LogP contribution in [-0.4, -0.2) is 28.1 Å². The lowest BCUT2D eigenvalue weighted by Crippen LogP contribution is -2.45. The molecule has 1 heterocycles. The van der Waals surface area contributed by atoms with Crippen molar-refractivity contribution in [3.8, 4) is 11.3 Å². The molecule has 3 N–H and O–H groups in total. The molecule has 2 saturated carbocycles. The van der Waals surface area contributed by atoms with E-state index >= 15 is 0 Å². The third kappa shape index (κ3) is 3.79. The van der Waals surface area contributed by atoms with E-state index in [4.69, 9.17) is 0 Å². The molecule has 0 saturated heterocycles. The van der Waals surface area contributed by atoms with Crippen LogP contribution in [0.25, 0.3) is 22.2 Å². The Bertz CT molecular complexity index is 1160. The fourth-order valence-electron chi connectivity index (χ4n) is 5.18. The summed E-state index contributed by atoms with van der Waals surface area (Å²) in [6, 6.07) is 7.99. The summed E-state index contributed by atoms with van der Waals surface area (Å²) >= 11 is 0. The zero-order valence-corrected chi connectivity index (χ0v) is 17.6. The molecule has 168 valence electrons. The molecule has 0 atom stereocenters. The van der Waals surface area contributed by atoms with Crippen LogP contribution < -0.4 is 5.32 Å². The molecule has 1 amide bonds. The van der Waals surface area contributed by atoms with E-state index in [1.165, 1.54) is 18.2 Å². The number of amides is 1. The number of carbonyl (C=O) groups is 1. The number of H-pyrrole nitrogens is 1. The third-order valence-electron chi connectivity index (χ3n) is 7.04. The van der Waals surface area contributed by atoms with Crippen LogP contribution in [0.15, 0.2) is 36.4 Å². The quantitative estimate of drug-likeness (QED) is 0.511. The molecule has 2 fully saturated rings. The Balaban J connectivity index is 1.39. The van der Waals surface area contributed by atoms with Crippen molar-refractivity contribution in [3.63, 3.8) is 0 Å². The lowest BCUT2D eigenvalue weighted by Gasteiger charge is -2.36. The van der Waals surface area contributed by atoms with Crippen molar-refractivity contribution in [3.05, 3.63) is 59.4 Å². The summed E-state index contributed by atoms with van der Waals surface area (Å²) in [5.41, 5.74) is 1.45. The van der Waals surface area contributed by atoms with Crippen LogP contribution >= 0.6 is 0 Å². The van der Waals surface area contributed by atoms with E-state index in [2.05, 4.69) is 10.3 Å². The molecule has 0 unspecified atom stereocenters. The molecule has 5 rings (SSSR count). The standard InChI is InChI=1S/C25H25F3N2O2/c26-17-5-3-14(4-6-17)22-21(19-11-18(27)12-20(28)23(19)30-22)15-9-16(10-15)24(31)29-13-25(32)7-1-2-8-25/h3-6,11-12,15-16,30,32H,1-2,7-10,13H2,(H,29,31). The van der Waals surface area contributed by atoms with Gasteiger partial charge < -0.3 is 15.4 Å². The van der Waals surface area contributed by atoms with Crippen molar-refractivity contribution in [2.45, 2.75) is 50.0 Å². The molecule has 0 radical (unpaired) electrons. The topological polar surface area (TPSA) is 65.1 Å². The molecule has 32 heavy (non-hydrogen) atoms. The Labute approximate surface area is 183 Å². The van der Waals surface area contributed by atoms with E-state index in [9.17, 15) is 23.1 Å². The maximum Gasteiger partial charge on any atom is 0.223 e. The number of aromatic amines is 1. The Morgan fingerprint density at radius 1 is 1.06 bits per heavy atom. The van der Waals surface area contributed by atoms with Crippen LogP contribution in [0.4, 0.5) is 13.2 Å². The predicted octanol–water partition coefficient (Wildman–Crippen LogP) is 5.17. The Hall–Kier alpha value is -2.80. The highest BCUT2D eigenvalue weighted by Gasteiger charge is 2.39. The van der Waals surface area contributed by atoms with Gasteiger partial charge >= 0.3 is 0 Å². The van der Waals surface area contributed by atoms with Crippen LogP contribution in [0, 0.1) is 23.4 Å². The van der Waals surface area contributed by atoms with Crippen molar-refractivity contribution in [2.24, 2.45) is 5.92 Å². The number of hydrogen-bond acceptors (Lipinski definition) is 2. The van der Waals surface area contributed by atoms with Crippen LogP contribution in [0.1, 0.15) is 50.0 Å². The zero-order chi connectivity index (χ0) is 22.5. The Morgan fingerprint density at radius 3 is 2.44 bits per heavy atom. The summed E-state index contributed by atoms with van der Waals surface area (Å²) < 4.78 is 41.9. The van der Waals surface area contributed by atoms with E-state index in [1.807, 2.05) is 0 Å². The highest BCUT2D eigenvalue weighted by molar-refractivity contribution is 5.92. The number of nitrogens with one attached hydrogen (secondary N) is 2. The van der Waals surface area contributed by atoms with Gasteiger partial charge in [-0.2, -0.15) is 0 Å². The fourth-order valence-corrected chi connectivity index (χ4v) is 5.18. The predicted molar refractivity (Wildman–Crippen MR) is 116 cm³/mol. The van der Waals surface area contributed by atoms with E-state index in [0.29, 0.717) is 42.3 Å². The van der Waals surface area contributed by atoms with Crippen LogP contribution in [0.3, 0.4) is 0 Å². The minimum absolute atomic E-state index is 0.0599. The zero-order valence-electron chi connectivity index (χ0n) is 17.6. The second-order valence-electron chi connectivity index (χ2n) is 9.25. The molecule has 1 aromatic heterocycles. The van der Waals surface area contributed by atoms with Gasteiger partial charge in [0.25, 0.3) is 0 Å². The molecular weight excluding hydrogens is 417 g/mol. The summed E-state index contributed by atoms with van der Waals surface area (Å²) in [5, 5.41) is 13.8. The molecule has 0 spiro atoms. The van der Waals surface area contributed by atoms with Crippen LogP contribution in [0.2, 0.25) is 0 Å². The molecular formula is C25H25F3N2O2. The van der Waals surface area contributed by atoms with Gasteiger partial charge in [0.1, 0.15) is 17.5 Å². The summed E-state index contributed by atoms with van der Waals surface area (Å²) in [6.07, 6.45) is 4.44. The third-order valence-corrected chi connectivity index (χ3v) is 7.04. The highest BCUT2D eigenvalue weighted by Crippen LogP contribution is 2.48. The Kier molecular flexibility index (Phi) is 5.24. The number of rotatable bonds is 5. The maximum absolute atomic E-state index is 14.5. The average Bonchev–Trinajstić information content (AvgIpc) is 3.31. The summed E-state index contributed by atoms with van der Waals surface area (Å²) in [7, 11) is 0. The lowest BCUT2D eigenvalue weighted by atomic mass is 9.69. The summed E-state index contributed by atoms with van der Waals surface area (Å²) in [5.74, 6) is -2.10. The van der Waals surface area contributed by atoms with Crippen LogP contribution in [0.5, 0.6) is 0 Å². The second kappa shape index (κ2) is 7.96. The van der Waals surface area contributed by atoms with E-state index in [-0.39, 0.29) is 35.6 Å². The number of aromatic nitrogens is 1. The second-order valence-corrected chi connectivity index (χ2v) is 9.25. The fraction of sp³-hybridized carbons (Fsp3) is 0.400. The molecule has 2 aliphatic rings. The Morgan fingerprint density at radius 2 is 1.75 bits per heavy atom. The molecule has 4 nitrogen and oxygen atoms in total. The first-order chi connectivity index (χ1) is 15.3. The first kappa shape index (κ1) is 21.1.